The summed E-state index contributed by atoms with van der Waals surface area (Å²) in [5.74, 6) is 1.97. The Hall–Kier alpha value is -2.45. The van der Waals surface area contributed by atoms with Gasteiger partial charge in [-0.05, 0) is 24.3 Å². The van der Waals surface area contributed by atoms with Crippen LogP contribution in [0.4, 0.5) is 0 Å². The minimum atomic E-state index is 0.438. The predicted molar refractivity (Wildman–Crippen MR) is 85.1 cm³/mol. The molecule has 0 unspecified atom stereocenters. The first-order valence-corrected chi connectivity index (χ1v) is 8.03. The van der Waals surface area contributed by atoms with E-state index in [2.05, 4.69) is 25.3 Å². The second-order valence-electron chi connectivity index (χ2n) is 4.56. The van der Waals surface area contributed by atoms with Gasteiger partial charge in [0, 0.05) is 23.0 Å². The molecule has 0 saturated carbocycles. The first-order valence-electron chi connectivity index (χ1n) is 6.66. The summed E-state index contributed by atoms with van der Waals surface area (Å²) in [5, 5.41) is 13.6. The highest BCUT2D eigenvalue weighted by molar-refractivity contribution is 7.98. The summed E-state index contributed by atoms with van der Waals surface area (Å²) >= 11 is 7.37. The second-order valence-corrected chi connectivity index (χ2v) is 5.94. The van der Waals surface area contributed by atoms with Crippen LogP contribution in [-0.4, -0.2) is 29.8 Å². The van der Waals surface area contributed by atoms with E-state index in [9.17, 15) is 0 Å². The van der Waals surface area contributed by atoms with Crippen LogP contribution >= 0.6 is 23.4 Å². The lowest BCUT2D eigenvalue weighted by atomic mass is 10.2. The summed E-state index contributed by atoms with van der Waals surface area (Å²) in [6.07, 6.45) is 3.47. The average Bonchev–Trinajstić information content (AvgIpc) is 3.19. The number of thioether (sulfide) groups is 1. The SMILES string of the molecule is Clc1cccc(-c2nnc(CSc3nc4ncccn4n3)o2)c1. The van der Waals surface area contributed by atoms with Crippen molar-refractivity contribution in [3.05, 3.63) is 53.6 Å². The standard InChI is InChI=1S/C14H9ClN6OS/c15-10-4-1-3-9(7-10)12-19-18-11(22-12)8-23-14-17-13-16-5-2-6-21(13)20-14/h1-7H,8H2. The Balaban J connectivity index is 1.49. The van der Waals surface area contributed by atoms with E-state index in [-0.39, 0.29) is 0 Å². The normalized spacial score (nSPS) is 11.2. The number of halogens is 1. The smallest absolute Gasteiger partial charge is 0.253 e. The maximum atomic E-state index is 5.96. The van der Waals surface area contributed by atoms with E-state index in [0.29, 0.717) is 33.5 Å². The molecule has 3 heterocycles. The number of fused-ring (bicyclic) bond motifs is 1. The summed E-state index contributed by atoms with van der Waals surface area (Å²) in [6, 6.07) is 9.07. The zero-order valence-corrected chi connectivity index (χ0v) is 13.2. The van der Waals surface area contributed by atoms with E-state index in [0.717, 1.165) is 5.56 Å². The van der Waals surface area contributed by atoms with Crippen LogP contribution in [0.15, 0.2) is 52.3 Å². The van der Waals surface area contributed by atoms with Crippen LogP contribution in [-0.2, 0) is 5.75 Å². The molecule has 9 heteroatoms. The molecule has 0 aliphatic carbocycles. The number of hydrogen-bond acceptors (Lipinski definition) is 7. The molecule has 0 fully saturated rings. The highest BCUT2D eigenvalue weighted by atomic mass is 35.5. The lowest BCUT2D eigenvalue weighted by Gasteiger charge is -1.94. The zero-order valence-electron chi connectivity index (χ0n) is 11.6. The number of hydrogen-bond donors (Lipinski definition) is 0. The van der Waals surface area contributed by atoms with Gasteiger partial charge in [-0.2, -0.15) is 4.98 Å². The van der Waals surface area contributed by atoms with E-state index >= 15 is 0 Å². The molecule has 0 N–H and O–H groups in total. The summed E-state index contributed by atoms with van der Waals surface area (Å²) in [4.78, 5) is 8.42. The number of nitrogens with zero attached hydrogens (tertiary/aromatic N) is 6. The van der Waals surface area contributed by atoms with E-state index < -0.39 is 0 Å². The van der Waals surface area contributed by atoms with Crippen molar-refractivity contribution in [2.75, 3.05) is 0 Å². The van der Waals surface area contributed by atoms with Gasteiger partial charge in [0.2, 0.25) is 16.9 Å². The molecule has 0 spiro atoms. The summed E-state index contributed by atoms with van der Waals surface area (Å²) in [6.45, 7) is 0. The van der Waals surface area contributed by atoms with Gasteiger partial charge in [-0.25, -0.2) is 9.50 Å². The van der Waals surface area contributed by atoms with Crippen molar-refractivity contribution in [3.8, 4) is 11.5 Å². The molecule has 4 aromatic rings. The highest BCUT2D eigenvalue weighted by Gasteiger charge is 2.11. The molecule has 0 atom stereocenters. The molecule has 0 saturated heterocycles. The van der Waals surface area contributed by atoms with Crippen molar-refractivity contribution in [2.24, 2.45) is 0 Å². The van der Waals surface area contributed by atoms with Crippen LogP contribution in [0.1, 0.15) is 5.89 Å². The Morgan fingerprint density at radius 2 is 2.17 bits per heavy atom. The van der Waals surface area contributed by atoms with Crippen LogP contribution < -0.4 is 0 Å². The molecule has 23 heavy (non-hydrogen) atoms. The first-order chi connectivity index (χ1) is 11.3. The third-order valence-corrected chi connectivity index (χ3v) is 4.02. The van der Waals surface area contributed by atoms with Crippen molar-refractivity contribution in [1.82, 2.24) is 29.8 Å². The van der Waals surface area contributed by atoms with Gasteiger partial charge in [0.25, 0.3) is 5.78 Å². The van der Waals surface area contributed by atoms with Crippen molar-refractivity contribution >= 4 is 29.1 Å². The predicted octanol–water partition coefficient (Wildman–Crippen LogP) is 3.12. The van der Waals surface area contributed by atoms with Crippen molar-refractivity contribution in [1.29, 1.82) is 0 Å². The van der Waals surface area contributed by atoms with Gasteiger partial charge in [0.1, 0.15) is 0 Å². The van der Waals surface area contributed by atoms with E-state index in [4.69, 9.17) is 16.0 Å². The quantitative estimate of drug-likeness (QED) is 0.526. The van der Waals surface area contributed by atoms with Gasteiger partial charge in [0.05, 0.1) is 5.75 Å². The molecule has 114 valence electrons. The number of rotatable bonds is 4. The largest absolute Gasteiger partial charge is 0.420 e. The Kier molecular flexibility index (Phi) is 3.68. The molecule has 0 amide bonds. The molecular formula is C14H9ClN6OS. The van der Waals surface area contributed by atoms with Gasteiger partial charge < -0.3 is 4.42 Å². The molecule has 4 rings (SSSR count). The first kappa shape index (κ1) is 14.2. The second kappa shape index (κ2) is 5.98. The molecule has 0 radical (unpaired) electrons. The molecule has 0 aliphatic heterocycles. The van der Waals surface area contributed by atoms with E-state index in [1.165, 1.54) is 11.8 Å². The Morgan fingerprint density at radius 1 is 1.22 bits per heavy atom. The topological polar surface area (TPSA) is 82.0 Å². The van der Waals surface area contributed by atoms with Gasteiger partial charge >= 0.3 is 0 Å². The highest BCUT2D eigenvalue weighted by Crippen LogP contribution is 2.24. The van der Waals surface area contributed by atoms with Crippen molar-refractivity contribution < 1.29 is 4.42 Å². The molecule has 7 nitrogen and oxygen atoms in total. The van der Waals surface area contributed by atoms with Gasteiger partial charge in [-0.15, -0.1) is 15.3 Å². The lowest BCUT2D eigenvalue weighted by Crippen LogP contribution is -1.87. The lowest BCUT2D eigenvalue weighted by molar-refractivity contribution is 0.528. The maximum absolute atomic E-state index is 5.96. The third kappa shape index (κ3) is 3.03. The molecule has 3 aromatic heterocycles. The summed E-state index contributed by atoms with van der Waals surface area (Å²) in [5.41, 5.74) is 0.788. The fourth-order valence-electron chi connectivity index (χ4n) is 1.95. The monoisotopic (exact) mass is 344 g/mol. The minimum Gasteiger partial charge on any atom is -0.420 e. The zero-order chi connectivity index (χ0) is 15.6. The van der Waals surface area contributed by atoms with Gasteiger partial charge in [-0.3, -0.25) is 0 Å². The number of aromatic nitrogens is 6. The van der Waals surface area contributed by atoms with Gasteiger partial charge in [-0.1, -0.05) is 29.4 Å². The summed E-state index contributed by atoms with van der Waals surface area (Å²) in [7, 11) is 0. The molecular weight excluding hydrogens is 336 g/mol. The van der Waals surface area contributed by atoms with E-state index in [1.807, 2.05) is 12.1 Å². The van der Waals surface area contributed by atoms with Crippen LogP contribution in [0, 0.1) is 0 Å². The van der Waals surface area contributed by atoms with E-state index in [1.54, 1.807) is 35.1 Å². The fraction of sp³-hybridized carbons (Fsp3) is 0.0714. The summed E-state index contributed by atoms with van der Waals surface area (Å²) < 4.78 is 7.26. The molecule has 0 aliphatic rings. The third-order valence-electron chi connectivity index (χ3n) is 2.96. The minimum absolute atomic E-state index is 0.438. The van der Waals surface area contributed by atoms with Crippen LogP contribution in [0.3, 0.4) is 0 Å². The number of benzene rings is 1. The van der Waals surface area contributed by atoms with Crippen molar-refractivity contribution in [3.63, 3.8) is 0 Å². The van der Waals surface area contributed by atoms with Crippen LogP contribution in [0.5, 0.6) is 0 Å². The molecule has 1 aromatic carbocycles. The van der Waals surface area contributed by atoms with Crippen LogP contribution in [0.25, 0.3) is 17.2 Å². The van der Waals surface area contributed by atoms with Crippen LogP contribution in [0.2, 0.25) is 5.02 Å². The Bertz CT molecular complexity index is 935. The molecule has 0 bridgehead atoms. The van der Waals surface area contributed by atoms with Crippen molar-refractivity contribution in [2.45, 2.75) is 10.9 Å². The Morgan fingerprint density at radius 3 is 3.04 bits per heavy atom. The maximum Gasteiger partial charge on any atom is 0.253 e. The Labute approximate surface area is 139 Å². The average molecular weight is 345 g/mol. The van der Waals surface area contributed by atoms with Gasteiger partial charge in [0.15, 0.2) is 0 Å². The fourth-order valence-corrected chi connectivity index (χ4v) is 2.80.